The molecule has 0 atom stereocenters. The molecule has 1 heterocycles. The quantitative estimate of drug-likeness (QED) is 0.352. The number of sulfonamides is 1. The van der Waals surface area contributed by atoms with Gasteiger partial charge >= 0.3 is 6.18 Å². The van der Waals surface area contributed by atoms with E-state index < -0.39 is 34.3 Å². The lowest BCUT2D eigenvalue weighted by Gasteiger charge is -2.12. The molecule has 0 aliphatic heterocycles. The van der Waals surface area contributed by atoms with Gasteiger partial charge in [-0.1, -0.05) is 30.3 Å². The third-order valence-electron chi connectivity index (χ3n) is 5.06. The van der Waals surface area contributed by atoms with Crippen LogP contribution in [0.3, 0.4) is 0 Å². The molecule has 4 rings (SSSR count). The highest BCUT2D eigenvalue weighted by Gasteiger charge is 2.30. The van der Waals surface area contributed by atoms with E-state index in [4.69, 9.17) is 4.74 Å². The highest BCUT2D eigenvalue weighted by Crippen LogP contribution is 2.29. The Morgan fingerprint density at radius 2 is 1.72 bits per heavy atom. The Balaban J connectivity index is 1.43. The molecule has 3 aromatic carbocycles. The first kappa shape index (κ1) is 25.0. The summed E-state index contributed by atoms with van der Waals surface area (Å²) in [6, 6.07) is 19.0. The molecule has 0 unspecified atom stereocenters. The lowest BCUT2D eigenvalue weighted by Crippen LogP contribution is -2.34. The second-order valence-electron chi connectivity index (χ2n) is 7.92. The van der Waals surface area contributed by atoms with Crippen molar-refractivity contribution in [1.29, 1.82) is 0 Å². The van der Waals surface area contributed by atoms with Crippen LogP contribution >= 0.6 is 0 Å². The normalized spacial score (nSPS) is 11.8. The largest absolute Gasteiger partial charge is 0.484 e. The summed E-state index contributed by atoms with van der Waals surface area (Å²) in [5.74, 6) is -0.374. The van der Waals surface area contributed by atoms with E-state index in [1.54, 1.807) is 25.1 Å². The highest BCUT2D eigenvalue weighted by molar-refractivity contribution is 7.90. The number of halogens is 3. The molecule has 0 aliphatic rings. The van der Waals surface area contributed by atoms with Crippen LogP contribution in [0.2, 0.25) is 0 Å². The summed E-state index contributed by atoms with van der Waals surface area (Å²) in [5, 5.41) is 4.67. The number of ether oxygens (including phenoxy) is 1. The van der Waals surface area contributed by atoms with Gasteiger partial charge < -0.3 is 10.1 Å². The van der Waals surface area contributed by atoms with E-state index in [1.165, 1.54) is 12.1 Å². The molecular weight excluding hydrogens is 495 g/mol. The van der Waals surface area contributed by atoms with E-state index in [1.807, 2.05) is 35.1 Å². The zero-order valence-corrected chi connectivity index (χ0v) is 19.7. The van der Waals surface area contributed by atoms with Crippen LogP contribution < -0.4 is 14.8 Å². The highest BCUT2D eigenvalue weighted by atomic mass is 32.2. The van der Waals surface area contributed by atoms with E-state index in [0.717, 1.165) is 22.9 Å². The molecule has 0 saturated heterocycles. The van der Waals surface area contributed by atoms with Crippen molar-refractivity contribution >= 4 is 38.2 Å². The minimum atomic E-state index is -4.52. The number of hydrogen-bond acceptors (Lipinski definition) is 6. The smallest absolute Gasteiger partial charge is 0.417 e. The maximum atomic E-state index is 12.8. The average molecular weight is 516 g/mol. The van der Waals surface area contributed by atoms with Crippen molar-refractivity contribution in [3.8, 4) is 5.75 Å². The standard InChI is InChI=1S/C25H20F3N3O4S/c1-16-10-20(30-23-9-7-19(14-29-23)25(26,27)28)13-22(11-16)36(33,34)31-24(32)15-35-21-8-6-17-4-2-3-5-18(17)12-21/h2-14H,15H2,1H3,(H,29,30)(H,31,32). The van der Waals surface area contributed by atoms with Crippen LogP contribution in [0.15, 0.2) is 83.9 Å². The van der Waals surface area contributed by atoms with Gasteiger partial charge in [0.05, 0.1) is 10.5 Å². The molecule has 11 heteroatoms. The number of anilines is 2. The minimum absolute atomic E-state index is 0.0877. The Bertz CT molecular complexity index is 1520. The molecule has 0 bridgehead atoms. The number of hydrogen-bond donors (Lipinski definition) is 2. The number of nitrogens with one attached hydrogen (secondary N) is 2. The van der Waals surface area contributed by atoms with Crippen molar-refractivity contribution in [3.63, 3.8) is 0 Å². The van der Waals surface area contributed by atoms with Gasteiger partial charge in [-0.15, -0.1) is 0 Å². The van der Waals surface area contributed by atoms with Gasteiger partial charge in [-0.2, -0.15) is 13.2 Å². The zero-order chi connectivity index (χ0) is 25.9. The fourth-order valence-electron chi connectivity index (χ4n) is 3.40. The van der Waals surface area contributed by atoms with Gasteiger partial charge in [0.15, 0.2) is 6.61 Å². The van der Waals surface area contributed by atoms with Crippen molar-refractivity contribution < 1.29 is 31.1 Å². The van der Waals surface area contributed by atoms with Crippen molar-refractivity contribution in [2.24, 2.45) is 0 Å². The Kier molecular flexibility index (Phi) is 6.84. The summed E-state index contributed by atoms with van der Waals surface area (Å²) in [6.07, 6.45) is -3.85. The van der Waals surface area contributed by atoms with E-state index in [9.17, 15) is 26.4 Å². The first-order chi connectivity index (χ1) is 17.0. The van der Waals surface area contributed by atoms with Crippen molar-refractivity contribution in [3.05, 3.63) is 90.1 Å². The first-order valence-electron chi connectivity index (χ1n) is 10.6. The van der Waals surface area contributed by atoms with Gasteiger partial charge in [0, 0.05) is 11.9 Å². The van der Waals surface area contributed by atoms with E-state index in [2.05, 4.69) is 10.3 Å². The number of aromatic nitrogens is 1. The molecule has 186 valence electrons. The molecule has 0 fully saturated rings. The zero-order valence-electron chi connectivity index (χ0n) is 18.8. The molecule has 36 heavy (non-hydrogen) atoms. The van der Waals surface area contributed by atoms with Crippen LogP contribution in [-0.4, -0.2) is 25.9 Å². The number of benzene rings is 3. The Hall–Kier alpha value is -4.12. The van der Waals surface area contributed by atoms with Crippen LogP contribution in [-0.2, 0) is 21.0 Å². The second-order valence-corrected chi connectivity index (χ2v) is 9.60. The number of alkyl halides is 3. The molecule has 0 radical (unpaired) electrons. The lowest BCUT2D eigenvalue weighted by molar-refractivity contribution is -0.137. The number of carbonyl (C=O) groups is 1. The number of pyridine rings is 1. The van der Waals surface area contributed by atoms with Gasteiger partial charge in [0.25, 0.3) is 15.9 Å². The second kappa shape index (κ2) is 9.86. The van der Waals surface area contributed by atoms with E-state index >= 15 is 0 Å². The van der Waals surface area contributed by atoms with Crippen molar-refractivity contribution in [1.82, 2.24) is 9.71 Å². The first-order valence-corrected chi connectivity index (χ1v) is 12.1. The SMILES string of the molecule is Cc1cc(Nc2ccc(C(F)(F)F)cn2)cc(S(=O)(=O)NC(=O)COc2ccc3ccccc3c2)c1. The maximum Gasteiger partial charge on any atom is 0.417 e. The number of fused-ring (bicyclic) bond motifs is 1. The van der Waals surface area contributed by atoms with Crippen LogP contribution in [0.4, 0.5) is 24.7 Å². The summed E-state index contributed by atoms with van der Waals surface area (Å²) in [6.45, 7) is 1.11. The molecule has 0 saturated carbocycles. The van der Waals surface area contributed by atoms with Gasteiger partial charge in [0.1, 0.15) is 11.6 Å². The number of rotatable bonds is 7. The molecule has 0 spiro atoms. The number of amides is 1. The van der Waals surface area contributed by atoms with Crippen molar-refractivity contribution in [2.45, 2.75) is 18.0 Å². The third-order valence-corrected chi connectivity index (χ3v) is 6.42. The monoisotopic (exact) mass is 515 g/mol. The molecule has 1 amide bonds. The molecule has 4 aromatic rings. The summed E-state index contributed by atoms with van der Waals surface area (Å²) < 4.78 is 71.2. The Morgan fingerprint density at radius 3 is 2.42 bits per heavy atom. The summed E-state index contributed by atoms with van der Waals surface area (Å²) >= 11 is 0. The number of nitrogens with zero attached hydrogens (tertiary/aromatic N) is 1. The third kappa shape index (κ3) is 6.11. The topological polar surface area (TPSA) is 97.4 Å². The van der Waals surface area contributed by atoms with Gasteiger partial charge in [0.2, 0.25) is 0 Å². The molecule has 2 N–H and O–H groups in total. The van der Waals surface area contributed by atoms with Crippen LogP contribution in [0.5, 0.6) is 5.75 Å². The molecule has 1 aromatic heterocycles. The van der Waals surface area contributed by atoms with E-state index in [0.29, 0.717) is 17.5 Å². The van der Waals surface area contributed by atoms with E-state index in [-0.39, 0.29) is 16.4 Å². The summed E-state index contributed by atoms with van der Waals surface area (Å²) in [7, 11) is -4.25. The predicted octanol–water partition coefficient (Wildman–Crippen LogP) is 5.19. The number of aryl methyl sites for hydroxylation is 1. The molecule has 0 aliphatic carbocycles. The van der Waals surface area contributed by atoms with Crippen molar-refractivity contribution in [2.75, 3.05) is 11.9 Å². The Morgan fingerprint density at radius 1 is 0.972 bits per heavy atom. The van der Waals surface area contributed by atoms with Crippen LogP contribution in [0.1, 0.15) is 11.1 Å². The van der Waals surface area contributed by atoms with Crippen LogP contribution in [0.25, 0.3) is 10.8 Å². The molecular formula is C25H20F3N3O4S. The minimum Gasteiger partial charge on any atom is -0.484 e. The maximum absolute atomic E-state index is 12.8. The number of carbonyl (C=O) groups excluding carboxylic acids is 1. The van der Waals surface area contributed by atoms with Gasteiger partial charge in [-0.25, -0.2) is 18.1 Å². The predicted molar refractivity (Wildman–Crippen MR) is 128 cm³/mol. The summed E-state index contributed by atoms with van der Waals surface area (Å²) in [4.78, 5) is 15.8. The average Bonchev–Trinajstić information content (AvgIpc) is 2.82. The molecule has 7 nitrogen and oxygen atoms in total. The fourth-order valence-corrected chi connectivity index (χ4v) is 4.50. The Labute approximate surface area is 205 Å². The van der Waals surface area contributed by atoms with Gasteiger partial charge in [-0.05, 0) is 65.7 Å². The van der Waals surface area contributed by atoms with Crippen LogP contribution in [0, 0.1) is 6.92 Å². The van der Waals surface area contributed by atoms with Gasteiger partial charge in [-0.3, -0.25) is 4.79 Å². The lowest BCUT2D eigenvalue weighted by atomic mass is 10.1. The summed E-state index contributed by atoms with van der Waals surface area (Å²) in [5.41, 5.74) is -0.108. The fraction of sp³-hybridized carbons (Fsp3) is 0.120.